The van der Waals surface area contributed by atoms with Crippen molar-refractivity contribution in [3.63, 3.8) is 0 Å². The van der Waals surface area contributed by atoms with Crippen molar-refractivity contribution in [1.82, 2.24) is 0 Å². The van der Waals surface area contributed by atoms with Crippen LogP contribution >= 0.6 is 0 Å². The van der Waals surface area contributed by atoms with Crippen molar-refractivity contribution < 1.29 is 97.9 Å². The summed E-state index contributed by atoms with van der Waals surface area (Å²) in [5, 5.41) is 28.0. The van der Waals surface area contributed by atoms with Crippen LogP contribution in [0.5, 0.6) is 5.75 Å². The zero-order valence-corrected chi connectivity index (χ0v) is 22.2. The van der Waals surface area contributed by atoms with Gasteiger partial charge in [-0.15, -0.1) is 5.11 Å². The van der Waals surface area contributed by atoms with E-state index < -0.39 is 46.4 Å². The van der Waals surface area contributed by atoms with E-state index in [1.54, 1.807) is 0 Å². The van der Waals surface area contributed by atoms with Crippen molar-refractivity contribution in [2.45, 2.75) is 9.79 Å². The molecule has 0 atom stereocenters. The van der Waals surface area contributed by atoms with Crippen molar-refractivity contribution in [3.05, 3.63) is 58.6 Å². The smallest absolute Gasteiger partial charge is 1.00 e. The summed E-state index contributed by atoms with van der Waals surface area (Å²) in [7, 11) is -9.62. The molecule has 0 heterocycles. The Morgan fingerprint density at radius 3 is 1.94 bits per heavy atom. The monoisotopic (exact) mass is 501 g/mol. The van der Waals surface area contributed by atoms with Gasteiger partial charge in [0.2, 0.25) is 0 Å². The van der Waals surface area contributed by atoms with Gasteiger partial charge in [-0.25, -0.2) is 0 Å². The van der Waals surface area contributed by atoms with Crippen molar-refractivity contribution in [2.75, 3.05) is 0 Å². The molecule has 0 saturated heterocycles. The van der Waals surface area contributed by atoms with Gasteiger partial charge in [-0.2, -0.15) is 21.9 Å². The van der Waals surface area contributed by atoms with Crippen LogP contribution in [0.15, 0.2) is 68.6 Å². The van der Waals surface area contributed by atoms with Gasteiger partial charge >= 0.3 is 59.1 Å². The first-order valence-electron chi connectivity index (χ1n) is 7.79. The minimum atomic E-state index is -4.93. The molecule has 3 N–H and O–H groups in total. The summed E-state index contributed by atoms with van der Waals surface area (Å²) in [4.78, 5) is 8.58. The van der Waals surface area contributed by atoms with Gasteiger partial charge in [0, 0.05) is 29.0 Å². The molecule has 0 aliphatic rings. The van der Waals surface area contributed by atoms with E-state index in [1.807, 2.05) is 0 Å². The SMILES string of the molecule is O=[N+]([O-])c1ccc(N=Nc2c(S(=O)(=O)O)cc(O)c3ccc(S(=O)(=O)O)cc23)cc1.[H-].[H-].[Na+].[Na+]. The van der Waals surface area contributed by atoms with Crippen LogP contribution < -0.4 is 59.1 Å². The fourth-order valence-electron chi connectivity index (χ4n) is 2.55. The maximum absolute atomic E-state index is 11.8. The number of hydrogen-bond donors (Lipinski definition) is 3. The maximum atomic E-state index is 11.8. The molecule has 0 fully saturated rings. The number of aromatic hydroxyl groups is 1. The number of nitro groups is 1. The third-order valence-electron chi connectivity index (χ3n) is 3.93. The van der Waals surface area contributed by atoms with Gasteiger partial charge in [-0.3, -0.25) is 19.2 Å². The fraction of sp³-hybridized carbons (Fsp3) is 0. The second kappa shape index (κ2) is 10.6. The predicted octanol–water partition coefficient (Wildman–Crippen LogP) is -2.40. The number of azo groups is 1. The van der Waals surface area contributed by atoms with Crippen LogP contribution in [-0.2, 0) is 20.2 Å². The minimum absolute atomic E-state index is 0. The molecule has 3 rings (SSSR count). The van der Waals surface area contributed by atoms with Gasteiger partial charge in [-0.05, 0) is 30.3 Å². The fourth-order valence-corrected chi connectivity index (χ4v) is 3.72. The van der Waals surface area contributed by atoms with Crippen LogP contribution in [0.2, 0.25) is 0 Å². The number of phenols is 1. The Kier molecular flexibility index (Phi) is 9.51. The molecule has 0 radical (unpaired) electrons. The van der Waals surface area contributed by atoms with Crippen LogP contribution in [0.1, 0.15) is 2.85 Å². The summed E-state index contributed by atoms with van der Waals surface area (Å²) in [6, 6.07) is 8.33. The molecule has 0 aliphatic heterocycles. The normalized spacial score (nSPS) is 11.7. The van der Waals surface area contributed by atoms with E-state index in [-0.39, 0.29) is 84.1 Å². The summed E-state index contributed by atoms with van der Waals surface area (Å²) in [6.45, 7) is 0. The molecule has 0 aliphatic carbocycles. The molecular weight excluding hydrogens is 488 g/mol. The number of nitrogens with zero attached hydrogens (tertiary/aromatic N) is 3. The Balaban J connectivity index is 0. The van der Waals surface area contributed by atoms with Crippen molar-refractivity contribution >= 4 is 48.1 Å². The Labute approximate surface area is 228 Å². The first kappa shape index (κ1) is 28.6. The number of benzene rings is 3. The average molecular weight is 501 g/mol. The van der Waals surface area contributed by atoms with Gasteiger partial charge in [0.15, 0.2) is 0 Å². The topological polar surface area (TPSA) is 197 Å². The maximum Gasteiger partial charge on any atom is 1.00 e. The molecule has 12 nitrogen and oxygen atoms in total. The van der Waals surface area contributed by atoms with E-state index in [0.717, 1.165) is 30.3 Å². The van der Waals surface area contributed by atoms with Gasteiger partial charge in [0.1, 0.15) is 16.3 Å². The summed E-state index contributed by atoms with van der Waals surface area (Å²) in [5.41, 5.74) is -0.663. The molecule has 0 amide bonds. The van der Waals surface area contributed by atoms with Crippen molar-refractivity contribution in [2.24, 2.45) is 10.2 Å². The third kappa shape index (κ3) is 6.32. The zero-order chi connectivity index (χ0) is 22.3. The summed E-state index contributed by atoms with van der Waals surface area (Å²) in [6.07, 6.45) is 0. The van der Waals surface area contributed by atoms with E-state index in [0.29, 0.717) is 6.07 Å². The first-order valence-corrected chi connectivity index (χ1v) is 10.7. The second-order valence-electron chi connectivity index (χ2n) is 5.87. The van der Waals surface area contributed by atoms with Crippen LogP contribution in [0.3, 0.4) is 0 Å². The minimum Gasteiger partial charge on any atom is -1.00 e. The molecular formula is C16H13N3Na2O9S2. The number of rotatable bonds is 5. The third-order valence-corrected chi connectivity index (χ3v) is 5.64. The number of phenolic OH excluding ortho intramolecular Hbond substituents is 1. The molecule has 0 spiro atoms. The van der Waals surface area contributed by atoms with Crippen LogP contribution in [0.25, 0.3) is 10.8 Å². The van der Waals surface area contributed by atoms with E-state index in [2.05, 4.69) is 10.2 Å². The van der Waals surface area contributed by atoms with E-state index in [1.165, 1.54) is 12.1 Å². The molecule has 0 unspecified atom stereocenters. The molecule has 0 saturated carbocycles. The Hall–Kier alpha value is -1.46. The van der Waals surface area contributed by atoms with Crippen LogP contribution in [0, 0.1) is 10.1 Å². The molecule has 32 heavy (non-hydrogen) atoms. The van der Waals surface area contributed by atoms with Crippen LogP contribution in [0.4, 0.5) is 17.1 Å². The standard InChI is InChI=1S/C16H11N3O9S2.2Na.2H/c20-14-8-15(30(26,27)28)16(13-7-11(29(23,24)25)5-6-12(13)14)18-17-9-1-3-10(4-2-9)19(21)22;;;;/h1-8,20H,(H,23,24,25)(H,26,27,28);;;;/q;2*+1;2*-1. The van der Waals surface area contributed by atoms with Gasteiger partial charge in [0.25, 0.3) is 25.9 Å². The van der Waals surface area contributed by atoms with Crippen molar-refractivity contribution in [3.8, 4) is 5.75 Å². The summed E-state index contributed by atoms with van der Waals surface area (Å²) in [5.74, 6) is -0.603. The molecule has 160 valence electrons. The Morgan fingerprint density at radius 2 is 1.44 bits per heavy atom. The number of hydrogen-bond acceptors (Lipinski definition) is 9. The van der Waals surface area contributed by atoms with Gasteiger partial charge in [0.05, 0.1) is 15.5 Å². The van der Waals surface area contributed by atoms with E-state index in [4.69, 9.17) is 0 Å². The largest absolute Gasteiger partial charge is 1.00 e. The van der Waals surface area contributed by atoms with Gasteiger partial charge < -0.3 is 7.96 Å². The van der Waals surface area contributed by atoms with Gasteiger partial charge in [-0.1, -0.05) is 0 Å². The Bertz CT molecular complexity index is 1440. The van der Waals surface area contributed by atoms with E-state index in [9.17, 15) is 41.2 Å². The first-order chi connectivity index (χ1) is 13.9. The number of non-ortho nitro benzene ring substituents is 1. The molecule has 0 bridgehead atoms. The van der Waals surface area contributed by atoms with Crippen LogP contribution in [-0.4, -0.2) is 36.0 Å². The average Bonchev–Trinajstić information content (AvgIpc) is 2.65. The quantitative estimate of drug-likeness (QED) is 0.112. The van der Waals surface area contributed by atoms with Crippen molar-refractivity contribution in [1.29, 1.82) is 0 Å². The zero-order valence-electron chi connectivity index (χ0n) is 18.6. The second-order valence-corrected chi connectivity index (χ2v) is 8.68. The molecule has 3 aromatic rings. The summed E-state index contributed by atoms with van der Waals surface area (Å²) >= 11 is 0. The molecule has 0 aromatic heterocycles. The number of nitro benzene ring substituents is 1. The molecule has 3 aromatic carbocycles. The summed E-state index contributed by atoms with van der Waals surface area (Å²) < 4.78 is 65.1. The molecule has 16 heteroatoms. The van der Waals surface area contributed by atoms with E-state index >= 15 is 0 Å². The predicted molar refractivity (Wildman–Crippen MR) is 105 cm³/mol. The Morgan fingerprint density at radius 1 is 0.844 bits per heavy atom. The number of fused-ring (bicyclic) bond motifs is 1.